The van der Waals surface area contributed by atoms with Gasteiger partial charge in [-0.15, -0.1) is 0 Å². The molecule has 2 aromatic rings. The van der Waals surface area contributed by atoms with E-state index < -0.39 is 0 Å². The Bertz CT molecular complexity index is 561. The van der Waals surface area contributed by atoms with Gasteiger partial charge in [-0.25, -0.2) is 4.79 Å². The first-order chi connectivity index (χ1) is 9.63. The lowest BCUT2D eigenvalue weighted by Crippen LogP contribution is -2.27. The molecular weight excluding hydrogens is 252 g/mol. The van der Waals surface area contributed by atoms with Gasteiger partial charge in [0.15, 0.2) is 0 Å². The highest BCUT2D eigenvalue weighted by atomic mass is 16.2. The van der Waals surface area contributed by atoms with Gasteiger partial charge >= 0.3 is 6.03 Å². The first-order valence-electron chi connectivity index (χ1n) is 5.97. The molecule has 1 heterocycles. The number of nitrogens with zero attached hydrogens (tertiary/aromatic N) is 3. The molecule has 5 heteroatoms. The number of carbonyl (C=O) groups excluding carboxylic acids is 1. The molecule has 102 valence electrons. The smallest absolute Gasteiger partial charge is 0.321 e. The maximum Gasteiger partial charge on any atom is 0.321 e. The Balaban J connectivity index is 0.000000217. The SMILES string of the molecule is CN(C)C(=O)Nc1ccccc1.N#Cc1cccnc1. The summed E-state index contributed by atoms with van der Waals surface area (Å²) >= 11 is 0. The predicted molar refractivity (Wildman–Crippen MR) is 78.1 cm³/mol. The zero-order valence-electron chi connectivity index (χ0n) is 11.4. The molecule has 0 fully saturated rings. The minimum Gasteiger partial charge on any atom is -0.331 e. The summed E-state index contributed by atoms with van der Waals surface area (Å²) in [5.74, 6) is 0. The lowest BCUT2D eigenvalue weighted by atomic mass is 10.3. The van der Waals surface area contributed by atoms with Gasteiger partial charge in [-0.3, -0.25) is 4.98 Å². The van der Waals surface area contributed by atoms with Crippen molar-refractivity contribution in [3.05, 3.63) is 60.4 Å². The van der Waals surface area contributed by atoms with Crippen molar-refractivity contribution in [3.63, 3.8) is 0 Å². The molecule has 2 rings (SSSR count). The van der Waals surface area contributed by atoms with Crippen molar-refractivity contribution >= 4 is 11.7 Å². The van der Waals surface area contributed by atoms with Crippen LogP contribution in [0, 0.1) is 11.3 Å². The molecule has 0 aliphatic heterocycles. The van der Waals surface area contributed by atoms with Gasteiger partial charge in [-0.1, -0.05) is 18.2 Å². The highest BCUT2D eigenvalue weighted by molar-refractivity contribution is 5.88. The molecule has 1 N–H and O–H groups in total. The van der Waals surface area contributed by atoms with E-state index in [9.17, 15) is 4.79 Å². The fraction of sp³-hybridized carbons (Fsp3) is 0.133. The Hall–Kier alpha value is -2.87. The van der Waals surface area contributed by atoms with E-state index in [1.807, 2.05) is 36.4 Å². The first-order valence-corrected chi connectivity index (χ1v) is 5.97. The predicted octanol–water partition coefficient (Wildman–Crippen LogP) is 2.73. The monoisotopic (exact) mass is 268 g/mol. The largest absolute Gasteiger partial charge is 0.331 e. The number of nitrogens with one attached hydrogen (secondary N) is 1. The van der Waals surface area contributed by atoms with Gasteiger partial charge in [0.2, 0.25) is 0 Å². The van der Waals surface area contributed by atoms with E-state index in [0.717, 1.165) is 5.69 Å². The molecule has 0 aliphatic carbocycles. The van der Waals surface area contributed by atoms with E-state index in [2.05, 4.69) is 10.3 Å². The third-order valence-corrected chi connectivity index (χ3v) is 2.22. The standard InChI is InChI=1S/C9H12N2O.C6H4N2/c1-11(2)9(12)10-8-6-4-3-5-7-8;7-4-6-2-1-3-8-5-6/h3-7H,1-2H3,(H,10,12);1-3,5H. The fourth-order valence-electron chi connectivity index (χ4n) is 1.19. The molecule has 0 unspecified atom stereocenters. The molecular formula is C15H16N4O. The third-order valence-electron chi connectivity index (χ3n) is 2.22. The van der Waals surface area contributed by atoms with Crippen LogP contribution in [0.15, 0.2) is 54.9 Å². The van der Waals surface area contributed by atoms with Crippen molar-refractivity contribution in [2.24, 2.45) is 0 Å². The van der Waals surface area contributed by atoms with E-state index in [-0.39, 0.29) is 6.03 Å². The average molecular weight is 268 g/mol. The van der Waals surface area contributed by atoms with E-state index in [4.69, 9.17) is 5.26 Å². The summed E-state index contributed by atoms with van der Waals surface area (Å²) < 4.78 is 0. The van der Waals surface area contributed by atoms with Gasteiger partial charge in [0, 0.05) is 32.2 Å². The molecule has 20 heavy (non-hydrogen) atoms. The normalized spacial score (nSPS) is 8.65. The number of hydrogen-bond donors (Lipinski definition) is 1. The minimum atomic E-state index is -0.110. The maximum atomic E-state index is 11.1. The van der Waals surface area contributed by atoms with Crippen molar-refractivity contribution in [1.29, 1.82) is 5.26 Å². The Kier molecular flexibility index (Phi) is 6.28. The third kappa shape index (κ3) is 5.65. The average Bonchev–Trinajstić information content (AvgIpc) is 2.49. The van der Waals surface area contributed by atoms with Gasteiger partial charge in [0.05, 0.1) is 5.56 Å². The lowest BCUT2D eigenvalue weighted by Gasteiger charge is -2.11. The summed E-state index contributed by atoms with van der Waals surface area (Å²) in [7, 11) is 3.41. The topological polar surface area (TPSA) is 69.0 Å². The molecule has 2 amide bonds. The van der Waals surface area contributed by atoms with Gasteiger partial charge in [0.25, 0.3) is 0 Å². The van der Waals surface area contributed by atoms with Crippen molar-refractivity contribution < 1.29 is 4.79 Å². The van der Waals surface area contributed by atoms with Crippen LogP contribution >= 0.6 is 0 Å². The number of anilines is 1. The van der Waals surface area contributed by atoms with Gasteiger partial charge in [0.1, 0.15) is 6.07 Å². The summed E-state index contributed by atoms with van der Waals surface area (Å²) in [6, 6.07) is 14.7. The number of carbonyl (C=O) groups is 1. The van der Waals surface area contributed by atoms with Crippen molar-refractivity contribution in [1.82, 2.24) is 9.88 Å². The molecule has 0 saturated heterocycles. The van der Waals surface area contributed by atoms with E-state index in [1.165, 1.54) is 11.1 Å². The molecule has 0 bridgehead atoms. The maximum absolute atomic E-state index is 11.1. The lowest BCUT2D eigenvalue weighted by molar-refractivity contribution is 0.230. The van der Waals surface area contributed by atoms with Crippen LogP contribution in [-0.4, -0.2) is 30.0 Å². The second-order valence-electron chi connectivity index (χ2n) is 4.04. The minimum absolute atomic E-state index is 0.110. The van der Waals surface area contributed by atoms with Crippen LogP contribution in [0.2, 0.25) is 0 Å². The molecule has 0 aliphatic rings. The van der Waals surface area contributed by atoms with Crippen LogP contribution in [-0.2, 0) is 0 Å². The van der Waals surface area contributed by atoms with Crippen LogP contribution in [0.5, 0.6) is 0 Å². The summed E-state index contributed by atoms with van der Waals surface area (Å²) in [4.78, 5) is 16.4. The Morgan fingerprint density at radius 2 is 1.90 bits per heavy atom. The number of hydrogen-bond acceptors (Lipinski definition) is 3. The number of rotatable bonds is 1. The van der Waals surface area contributed by atoms with Crippen molar-refractivity contribution in [3.8, 4) is 6.07 Å². The molecule has 5 nitrogen and oxygen atoms in total. The van der Waals surface area contributed by atoms with Gasteiger partial charge < -0.3 is 10.2 Å². The van der Waals surface area contributed by atoms with Crippen molar-refractivity contribution in [2.45, 2.75) is 0 Å². The second kappa shape index (κ2) is 8.27. The molecule has 1 aromatic carbocycles. The van der Waals surface area contributed by atoms with Crippen LogP contribution < -0.4 is 5.32 Å². The van der Waals surface area contributed by atoms with Crippen LogP contribution in [0.1, 0.15) is 5.56 Å². The number of amides is 2. The fourth-order valence-corrected chi connectivity index (χ4v) is 1.19. The highest BCUT2D eigenvalue weighted by Crippen LogP contribution is 2.04. The summed E-state index contributed by atoms with van der Waals surface area (Å²) in [5.41, 5.74) is 1.42. The van der Waals surface area contributed by atoms with E-state index >= 15 is 0 Å². The number of para-hydroxylation sites is 1. The molecule has 0 atom stereocenters. The Morgan fingerprint density at radius 3 is 2.35 bits per heavy atom. The quantitative estimate of drug-likeness (QED) is 0.864. The van der Waals surface area contributed by atoms with Gasteiger partial charge in [-0.2, -0.15) is 5.26 Å². The summed E-state index contributed by atoms with van der Waals surface area (Å²) in [6.07, 6.45) is 3.17. The summed E-state index contributed by atoms with van der Waals surface area (Å²) in [5, 5.41) is 11.0. The zero-order chi connectivity index (χ0) is 14.8. The number of aromatic nitrogens is 1. The Labute approximate surface area is 118 Å². The highest BCUT2D eigenvalue weighted by Gasteiger charge is 2.01. The van der Waals surface area contributed by atoms with Gasteiger partial charge in [-0.05, 0) is 24.3 Å². The number of urea groups is 1. The van der Waals surface area contributed by atoms with Crippen LogP contribution in [0.3, 0.4) is 0 Å². The first kappa shape index (κ1) is 15.2. The molecule has 0 spiro atoms. The number of nitriles is 1. The number of benzene rings is 1. The van der Waals surface area contributed by atoms with Crippen molar-refractivity contribution in [2.75, 3.05) is 19.4 Å². The second-order valence-corrected chi connectivity index (χ2v) is 4.04. The number of pyridine rings is 1. The Morgan fingerprint density at radius 1 is 1.20 bits per heavy atom. The molecule has 0 saturated carbocycles. The van der Waals surface area contributed by atoms with E-state index in [1.54, 1.807) is 32.4 Å². The molecule has 1 aromatic heterocycles. The zero-order valence-corrected chi connectivity index (χ0v) is 11.4. The van der Waals surface area contributed by atoms with Crippen LogP contribution in [0.4, 0.5) is 10.5 Å². The summed E-state index contributed by atoms with van der Waals surface area (Å²) in [6.45, 7) is 0. The van der Waals surface area contributed by atoms with E-state index in [0.29, 0.717) is 5.56 Å². The van der Waals surface area contributed by atoms with Crippen LogP contribution in [0.25, 0.3) is 0 Å². The molecule has 0 radical (unpaired) electrons.